The molecular formula is C15H25ClN2O2S. The Morgan fingerprint density at radius 2 is 1.81 bits per heavy atom. The number of hydrogen-bond donors (Lipinski definition) is 2. The summed E-state index contributed by atoms with van der Waals surface area (Å²) in [6.07, 6.45) is 5.02. The van der Waals surface area contributed by atoms with Crippen LogP contribution >= 0.6 is 12.4 Å². The van der Waals surface area contributed by atoms with Gasteiger partial charge in [0.1, 0.15) is 0 Å². The van der Waals surface area contributed by atoms with E-state index in [-0.39, 0.29) is 24.4 Å². The van der Waals surface area contributed by atoms with E-state index < -0.39 is 10.0 Å². The van der Waals surface area contributed by atoms with Crippen LogP contribution in [0.4, 0.5) is 0 Å². The summed E-state index contributed by atoms with van der Waals surface area (Å²) < 4.78 is 27.7. The molecule has 2 rings (SSSR count). The summed E-state index contributed by atoms with van der Waals surface area (Å²) in [7, 11) is -3.43. The monoisotopic (exact) mass is 332 g/mol. The average molecular weight is 333 g/mol. The van der Waals surface area contributed by atoms with Gasteiger partial charge in [-0.2, -0.15) is 0 Å². The Hall–Kier alpha value is -0.620. The van der Waals surface area contributed by atoms with Gasteiger partial charge in [-0.15, -0.1) is 12.4 Å². The Kier molecular flexibility index (Phi) is 7.13. The van der Waals surface area contributed by atoms with Crippen molar-refractivity contribution in [3.05, 3.63) is 29.8 Å². The lowest BCUT2D eigenvalue weighted by Gasteiger charge is -2.31. The van der Waals surface area contributed by atoms with Crippen molar-refractivity contribution in [3.8, 4) is 0 Å². The summed E-state index contributed by atoms with van der Waals surface area (Å²) in [5.74, 6) is 0.258. The van der Waals surface area contributed by atoms with Crippen molar-refractivity contribution in [3.63, 3.8) is 0 Å². The van der Waals surface area contributed by atoms with Crippen LogP contribution in [0, 0.1) is 5.92 Å². The van der Waals surface area contributed by atoms with Gasteiger partial charge in [0.2, 0.25) is 10.0 Å². The SMILES string of the molecule is CCc1ccc(S(=O)(=O)NC2CCCCC2CN)cc1.Cl. The predicted molar refractivity (Wildman–Crippen MR) is 88.2 cm³/mol. The van der Waals surface area contributed by atoms with Crippen molar-refractivity contribution in [1.29, 1.82) is 0 Å². The summed E-state index contributed by atoms with van der Waals surface area (Å²) in [6, 6.07) is 7.08. The van der Waals surface area contributed by atoms with Crippen LogP contribution in [-0.4, -0.2) is 21.0 Å². The van der Waals surface area contributed by atoms with Crippen LogP contribution in [0.3, 0.4) is 0 Å². The molecular weight excluding hydrogens is 308 g/mol. The van der Waals surface area contributed by atoms with Crippen LogP contribution in [-0.2, 0) is 16.4 Å². The standard InChI is InChI=1S/C15H24N2O2S.ClH/c1-2-12-7-9-14(10-8-12)20(18,19)17-15-6-4-3-5-13(15)11-16;/h7-10,13,15,17H,2-6,11,16H2,1H3;1H. The highest BCUT2D eigenvalue weighted by molar-refractivity contribution is 7.89. The van der Waals surface area contributed by atoms with Crippen molar-refractivity contribution in [2.45, 2.75) is 50.0 Å². The van der Waals surface area contributed by atoms with E-state index >= 15 is 0 Å². The van der Waals surface area contributed by atoms with Gasteiger partial charge < -0.3 is 5.73 Å². The predicted octanol–water partition coefficient (Wildman–Crippen LogP) is 2.47. The number of nitrogens with one attached hydrogen (secondary N) is 1. The first kappa shape index (κ1) is 18.4. The van der Waals surface area contributed by atoms with Gasteiger partial charge in [-0.3, -0.25) is 0 Å². The zero-order valence-electron chi connectivity index (χ0n) is 12.4. The molecule has 1 fully saturated rings. The molecule has 0 heterocycles. The first-order valence-corrected chi connectivity index (χ1v) is 8.86. The second-order valence-electron chi connectivity index (χ2n) is 5.51. The number of halogens is 1. The van der Waals surface area contributed by atoms with E-state index in [1.54, 1.807) is 12.1 Å². The number of rotatable bonds is 5. The van der Waals surface area contributed by atoms with Gasteiger partial charge >= 0.3 is 0 Å². The third-order valence-corrected chi connectivity index (χ3v) is 5.67. The largest absolute Gasteiger partial charge is 0.330 e. The van der Waals surface area contributed by atoms with Crippen molar-refractivity contribution < 1.29 is 8.42 Å². The number of hydrogen-bond acceptors (Lipinski definition) is 3. The number of benzene rings is 1. The van der Waals surface area contributed by atoms with E-state index in [1.807, 2.05) is 12.1 Å². The Labute approximate surface area is 134 Å². The maximum absolute atomic E-state index is 12.4. The second kappa shape index (κ2) is 8.13. The van der Waals surface area contributed by atoms with Gasteiger partial charge in [0.05, 0.1) is 4.90 Å². The molecule has 2 atom stereocenters. The molecule has 1 aliphatic carbocycles. The molecule has 1 aromatic carbocycles. The fourth-order valence-corrected chi connectivity index (χ4v) is 4.16. The van der Waals surface area contributed by atoms with Crippen LogP contribution in [0.5, 0.6) is 0 Å². The lowest BCUT2D eigenvalue weighted by atomic mass is 9.85. The molecule has 0 aromatic heterocycles. The van der Waals surface area contributed by atoms with Crippen LogP contribution in [0.25, 0.3) is 0 Å². The minimum atomic E-state index is -3.43. The Morgan fingerprint density at radius 1 is 1.19 bits per heavy atom. The molecule has 21 heavy (non-hydrogen) atoms. The highest BCUT2D eigenvalue weighted by Crippen LogP contribution is 2.25. The maximum atomic E-state index is 12.4. The molecule has 0 spiro atoms. The van der Waals surface area contributed by atoms with Gasteiger partial charge in [0.25, 0.3) is 0 Å². The van der Waals surface area contributed by atoms with Gasteiger partial charge in [-0.25, -0.2) is 13.1 Å². The number of aryl methyl sites for hydroxylation is 1. The Balaban J connectivity index is 0.00000220. The van der Waals surface area contributed by atoms with Gasteiger partial charge in [0, 0.05) is 6.04 Å². The van der Waals surface area contributed by atoms with Crippen LogP contribution < -0.4 is 10.5 Å². The fourth-order valence-electron chi connectivity index (χ4n) is 2.82. The van der Waals surface area contributed by atoms with Crippen molar-refractivity contribution in [2.24, 2.45) is 11.7 Å². The van der Waals surface area contributed by atoms with Crippen molar-refractivity contribution in [1.82, 2.24) is 4.72 Å². The molecule has 1 saturated carbocycles. The van der Waals surface area contributed by atoms with E-state index in [1.165, 1.54) is 0 Å². The molecule has 4 nitrogen and oxygen atoms in total. The number of nitrogens with two attached hydrogens (primary N) is 1. The molecule has 1 aromatic rings. The fraction of sp³-hybridized carbons (Fsp3) is 0.600. The van der Waals surface area contributed by atoms with E-state index in [0.717, 1.165) is 37.7 Å². The lowest BCUT2D eigenvalue weighted by Crippen LogP contribution is -2.44. The normalized spacial score (nSPS) is 22.6. The Morgan fingerprint density at radius 3 is 2.38 bits per heavy atom. The molecule has 0 aliphatic heterocycles. The van der Waals surface area contributed by atoms with Gasteiger partial charge in [-0.05, 0) is 49.4 Å². The Bertz CT molecular complexity index is 531. The van der Waals surface area contributed by atoms with Crippen molar-refractivity contribution >= 4 is 22.4 Å². The van der Waals surface area contributed by atoms with Crippen LogP contribution in [0.1, 0.15) is 38.2 Å². The number of sulfonamides is 1. The summed E-state index contributed by atoms with van der Waals surface area (Å²) in [4.78, 5) is 0.344. The minimum absolute atomic E-state index is 0. The smallest absolute Gasteiger partial charge is 0.240 e. The van der Waals surface area contributed by atoms with Gasteiger partial charge in [0.15, 0.2) is 0 Å². The molecule has 2 unspecified atom stereocenters. The second-order valence-corrected chi connectivity index (χ2v) is 7.22. The topological polar surface area (TPSA) is 72.2 Å². The first-order chi connectivity index (χ1) is 9.56. The molecule has 0 saturated heterocycles. The zero-order chi connectivity index (χ0) is 14.6. The summed E-state index contributed by atoms with van der Waals surface area (Å²) in [5, 5.41) is 0. The third-order valence-electron chi connectivity index (χ3n) is 4.16. The highest BCUT2D eigenvalue weighted by Gasteiger charge is 2.28. The molecule has 0 bridgehead atoms. The molecule has 6 heteroatoms. The summed E-state index contributed by atoms with van der Waals surface area (Å²) in [6.45, 7) is 2.59. The van der Waals surface area contributed by atoms with E-state index in [2.05, 4.69) is 11.6 Å². The summed E-state index contributed by atoms with van der Waals surface area (Å²) >= 11 is 0. The highest BCUT2D eigenvalue weighted by atomic mass is 35.5. The van der Waals surface area contributed by atoms with Gasteiger partial charge in [-0.1, -0.05) is 31.9 Å². The molecule has 0 radical (unpaired) electrons. The maximum Gasteiger partial charge on any atom is 0.240 e. The minimum Gasteiger partial charge on any atom is -0.330 e. The van der Waals surface area contributed by atoms with Crippen LogP contribution in [0.2, 0.25) is 0 Å². The molecule has 0 amide bonds. The van der Waals surface area contributed by atoms with E-state index in [4.69, 9.17) is 5.73 Å². The first-order valence-electron chi connectivity index (χ1n) is 7.38. The van der Waals surface area contributed by atoms with E-state index in [9.17, 15) is 8.42 Å². The van der Waals surface area contributed by atoms with Crippen LogP contribution in [0.15, 0.2) is 29.2 Å². The lowest BCUT2D eigenvalue weighted by molar-refractivity contribution is 0.296. The van der Waals surface area contributed by atoms with Crippen molar-refractivity contribution in [2.75, 3.05) is 6.54 Å². The summed E-state index contributed by atoms with van der Waals surface area (Å²) in [5.41, 5.74) is 6.89. The quantitative estimate of drug-likeness (QED) is 0.870. The zero-order valence-corrected chi connectivity index (χ0v) is 14.1. The molecule has 1 aliphatic rings. The average Bonchev–Trinajstić information content (AvgIpc) is 2.47. The molecule has 3 N–H and O–H groups in total. The molecule has 120 valence electrons. The van der Waals surface area contributed by atoms with E-state index in [0.29, 0.717) is 11.4 Å². The third kappa shape index (κ3) is 4.68.